The van der Waals surface area contributed by atoms with Crippen molar-refractivity contribution in [3.63, 3.8) is 0 Å². The summed E-state index contributed by atoms with van der Waals surface area (Å²) in [5, 5.41) is 2.85. The van der Waals surface area contributed by atoms with Gasteiger partial charge in [0, 0.05) is 7.05 Å². The van der Waals surface area contributed by atoms with E-state index in [1.54, 1.807) is 7.05 Å². The molecule has 0 aromatic carbocycles. The van der Waals surface area contributed by atoms with Gasteiger partial charge in [-0.2, -0.15) is 0 Å². The van der Waals surface area contributed by atoms with Crippen LogP contribution in [0, 0.1) is 12.3 Å². The van der Waals surface area contributed by atoms with Crippen LogP contribution in [0.2, 0.25) is 0 Å². The molecular weight excluding hydrogens is 177 g/mol. The minimum Gasteiger partial charge on any atom is -0.136 e. The van der Waals surface area contributed by atoms with Crippen LogP contribution < -0.4 is 5.09 Å². The number of nitrogens with one attached hydrogen (secondary N) is 1. The van der Waals surface area contributed by atoms with Crippen molar-refractivity contribution >= 4 is 18.9 Å². The fourth-order valence-corrected chi connectivity index (χ4v) is 1.41. The van der Waals surface area contributed by atoms with Gasteiger partial charge in [-0.15, -0.1) is 16.0 Å². The van der Waals surface area contributed by atoms with E-state index in [-0.39, 0.29) is 6.10 Å². The predicted molar refractivity (Wildman–Crippen MR) is 52.0 cm³/mol. The molecule has 0 aliphatic carbocycles. The lowest BCUT2D eigenvalue weighted by Crippen LogP contribution is -2.08. The highest BCUT2D eigenvalue weighted by molar-refractivity contribution is 8.02. The molecule has 0 amide bonds. The lowest BCUT2D eigenvalue weighted by Gasteiger charge is -2.00. The third kappa shape index (κ3) is 5.29. The van der Waals surface area contributed by atoms with Gasteiger partial charge in [0.25, 0.3) is 0 Å². The van der Waals surface area contributed by atoms with E-state index in [4.69, 9.17) is 22.8 Å². The number of hydrogen-bond donors (Lipinski definition) is 1. The van der Waals surface area contributed by atoms with Crippen molar-refractivity contribution < 1.29 is 4.52 Å². The molecule has 0 rings (SSSR count). The van der Waals surface area contributed by atoms with E-state index < -0.39 is 7.07 Å². The van der Waals surface area contributed by atoms with Crippen molar-refractivity contribution in [3.8, 4) is 12.3 Å². The van der Waals surface area contributed by atoms with Gasteiger partial charge in [-0.05, 0) is 6.42 Å². The fourth-order valence-electron chi connectivity index (χ4n) is 0.597. The summed E-state index contributed by atoms with van der Waals surface area (Å²) in [4.78, 5) is 0. The molecule has 2 atom stereocenters. The lowest BCUT2D eigenvalue weighted by atomic mass is 10.2. The molecule has 1 N–H and O–H groups in total. The molecule has 62 valence electrons. The van der Waals surface area contributed by atoms with Crippen molar-refractivity contribution in [1.29, 1.82) is 0 Å². The van der Waals surface area contributed by atoms with Gasteiger partial charge in [0.15, 0.2) is 6.10 Å². The molecule has 0 fully saturated rings. The Labute approximate surface area is 74.3 Å². The molecule has 0 saturated carbocycles. The molecule has 0 bridgehead atoms. The second-order valence-corrected chi connectivity index (χ2v) is 4.20. The first-order valence-electron chi connectivity index (χ1n) is 3.52. The Kier molecular flexibility index (Phi) is 6.69. The summed E-state index contributed by atoms with van der Waals surface area (Å²) in [6.07, 6.45) is 7.02. The van der Waals surface area contributed by atoms with Crippen LogP contribution in [0.15, 0.2) is 0 Å². The third-order valence-corrected chi connectivity index (χ3v) is 2.76. The molecule has 0 heterocycles. The van der Waals surface area contributed by atoms with Crippen LogP contribution in [0.5, 0.6) is 0 Å². The summed E-state index contributed by atoms with van der Waals surface area (Å²) >= 11 is 4.93. The molecule has 2 unspecified atom stereocenters. The molecule has 0 spiro atoms. The van der Waals surface area contributed by atoms with Crippen LogP contribution in [-0.4, -0.2) is 13.2 Å². The first-order valence-corrected chi connectivity index (χ1v) is 5.79. The zero-order valence-electron chi connectivity index (χ0n) is 6.83. The second kappa shape index (κ2) is 6.69. The van der Waals surface area contributed by atoms with Gasteiger partial charge in [0.05, 0.1) is 0 Å². The summed E-state index contributed by atoms with van der Waals surface area (Å²) in [6.45, 7) is 2.07. The van der Waals surface area contributed by atoms with Gasteiger partial charge < -0.3 is 0 Å². The normalized spacial score (nSPS) is 13.7. The molecule has 4 heteroatoms. The molecule has 0 aliphatic rings. The van der Waals surface area contributed by atoms with Crippen LogP contribution in [-0.2, 0) is 16.3 Å². The van der Waals surface area contributed by atoms with E-state index in [1.165, 1.54) is 0 Å². The van der Waals surface area contributed by atoms with Gasteiger partial charge in [-0.3, -0.25) is 0 Å². The van der Waals surface area contributed by atoms with E-state index in [0.29, 0.717) is 0 Å². The van der Waals surface area contributed by atoms with Crippen LogP contribution in [0.3, 0.4) is 0 Å². The van der Waals surface area contributed by atoms with E-state index in [9.17, 15) is 0 Å². The maximum Gasteiger partial charge on any atom is 0.440 e. The topological polar surface area (TPSA) is 21.3 Å². The largest absolute Gasteiger partial charge is 0.440 e. The molecule has 0 aromatic rings. The quantitative estimate of drug-likeness (QED) is 0.527. The van der Waals surface area contributed by atoms with Crippen molar-refractivity contribution in [2.24, 2.45) is 0 Å². The molecule has 11 heavy (non-hydrogen) atoms. The maximum atomic E-state index is 5.32. The highest BCUT2D eigenvalue weighted by atomic mass is 32.4. The molecule has 0 radical (unpaired) electrons. The second-order valence-electron chi connectivity index (χ2n) is 2.03. The average Bonchev–Trinajstić information content (AvgIpc) is 2.03. The van der Waals surface area contributed by atoms with Gasteiger partial charge in [-0.1, -0.05) is 19.3 Å². The van der Waals surface area contributed by atoms with Crippen LogP contribution >= 0.6 is 7.07 Å². The summed E-state index contributed by atoms with van der Waals surface area (Å²) in [7, 11) is 0.832. The summed E-state index contributed by atoms with van der Waals surface area (Å²) in [5.74, 6) is 2.56. The van der Waals surface area contributed by atoms with Gasteiger partial charge >= 0.3 is 7.07 Å². The fraction of sp³-hybridized carbons (Fsp3) is 0.714. The van der Waals surface area contributed by atoms with Gasteiger partial charge in [0.1, 0.15) is 0 Å². The van der Waals surface area contributed by atoms with Crippen LogP contribution in [0.4, 0.5) is 0 Å². The highest BCUT2D eigenvalue weighted by Crippen LogP contribution is 2.20. The van der Waals surface area contributed by atoms with E-state index in [1.807, 2.05) is 0 Å². The number of rotatable bonds is 5. The SMILES string of the molecule is C#CC(CCC)O[P+](=S)NC. The van der Waals surface area contributed by atoms with E-state index in [2.05, 4.69) is 17.9 Å². The lowest BCUT2D eigenvalue weighted by molar-refractivity contribution is 0.278. The zero-order valence-corrected chi connectivity index (χ0v) is 8.54. The Bertz CT molecular complexity index is 166. The first-order chi connectivity index (χ1) is 5.24. The molecule has 0 aromatic heterocycles. The summed E-state index contributed by atoms with van der Waals surface area (Å²) in [5.41, 5.74) is 0. The number of hydrogen-bond acceptors (Lipinski definition) is 2. The smallest absolute Gasteiger partial charge is 0.136 e. The Hall–Kier alpha value is 0.00000000000000000694. The third-order valence-electron chi connectivity index (χ3n) is 1.14. The van der Waals surface area contributed by atoms with Crippen LogP contribution in [0.1, 0.15) is 19.8 Å². The van der Waals surface area contributed by atoms with Crippen molar-refractivity contribution in [3.05, 3.63) is 0 Å². The van der Waals surface area contributed by atoms with E-state index >= 15 is 0 Å². The number of terminal acetylenes is 1. The monoisotopic (exact) mass is 190 g/mol. The molecule has 2 nitrogen and oxygen atoms in total. The molecular formula is C7H13NOPS+. The predicted octanol–water partition coefficient (Wildman–Crippen LogP) is 1.80. The van der Waals surface area contributed by atoms with E-state index in [0.717, 1.165) is 12.8 Å². The van der Waals surface area contributed by atoms with Gasteiger partial charge in [0.2, 0.25) is 11.8 Å². The first kappa shape index (κ1) is 11.0. The Morgan fingerprint density at radius 1 is 1.82 bits per heavy atom. The zero-order chi connectivity index (χ0) is 8.69. The Morgan fingerprint density at radius 2 is 2.45 bits per heavy atom. The molecule has 0 saturated heterocycles. The average molecular weight is 190 g/mol. The van der Waals surface area contributed by atoms with Crippen LogP contribution in [0.25, 0.3) is 0 Å². The Morgan fingerprint density at radius 3 is 2.82 bits per heavy atom. The molecule has 0 aliphatic heterocycles. The van der Waals surface area contributed by atoms with Crippen molar-refractivity contribution in [2.75, 3.05) is 7.05 Å². The summed E-state index contributed by atoms with van der Waals surface area (Å²) in [6, 6.07) is 0. The maximum absolute atomic E-state index is 5.32. The minimum atomic E-state index is -0.944. The van der Waals surface area contributed by atoms with Crippen molar-refractivity contribution in [1.82, 2.24) is 5.09 Å². The minimum absolute atomic E-state index is 0.115. The van der Waals surface area contributed by atoms with Gasteiger partial charge in [-0.25, -0.2) is 0 Å². The Balaban J connectivity index is 3.70. The summed E-state index contributed by atoms with van der Waals surface area (Å²) < 4.78 is 5.32. The van der Waals surface area contributed by atoms with Crippen molar-refractivity contribution in [2.45, 2.75) is 25.9 Å². The highest BCUT2D eigenvalue weighted by Gasteiger charge is 2.15. The standard InChI is InChI=1S/C7H13NOPS/c1-4-6-7(5-2)9-10(11)8-3/h2,7H,4,6H2,1,3H3,(H,8,11)/q+1.